The summed E-state index contributed by atoms with van der Waals surface area (Å²) < 4.78 is 0. The zero-order valence-electron chi connectivity index (χ0n) is 18.0. The Hall–Kier alpha value is -2.97. The average molecular weight is 473 g/mol. The number of nitro benzene ring substituents is 1. The second-order valence-electron chi connectivity index (χ2n) is 7.82. The molecule has 168 valence electrons. The van der Waals surface area contributed by atoms with E-state index in [0.717, 1.165) is 11.3 Å². The maximum atomic E-state index is 12.3. The number of amides is 1. The zero-order valence-corrected chi connectivity index (χ0v) is 19.5. The molecule has 9 heteroatoms. The molecule has 32 heavy (non-hydrogen) atoms. The quantitative estimate of drug-likeness (QED) is 0.296. The van der Waals surface area contributed by atoms with Crippen molar-refractivity contribution in [3.05, 3.63) is 74.8 Å². The first-order chi connectivity index (χ1) is 15.2. The number of piperazine rings is 1. The number of hydrogen-bond acceptors (Lipinski definition) is 5. The molecule has 7 nitrogen and oxygen atoms in total. The van der Waals surface area contributed by atoms with Crippen LogP contribution >= 0.6 is 23.8 Å². The van der Waals surface area contributed by atoms with Gasteiger partial charge in [0.15, 0.2) is 5.11 Å². The number of carbonyl (C=O) groups is 1. The molecule has 0 aliphatic carbocycles. The Morgan fingerprint density at radius 1 is 1.16 bits per heavy atom. The number of rotatable bonds is 5. The molecule has 1 fully saturated rings. The maximum absolute atomic E-state index is 12.3. The highest BCUT2D eigenvalue weighted by molar-refractivity contribution is 7.80. The third kappa shape index (κ3) is 6.05. The average Bonchev–Trinajstić information content (AvgIpc) is 2.78. The molecular weight excluding hydrogens is 448 g/mol. The van der Waals surface area contributed by atoms with Crippen LogP contribution in [0.1, 0.15) is 30.9 Å². The smallest absolute Gasteiger partial charge is 0.271 e. The van der Waals surface area contributed by atoms with Gasteiger partial charge in [-0.2, -0.15) is 0 Å². The number of halogens is 1. The first-order valence-electron chi connectivity index (χ1n) is 10.3. The summed E-state index contributed by atoms with van der Waals surface area (Å²) in [7, 11) is 0. The lowest BCUT2D eigenvalue weighted by Crippen LogP contribution is -2.52. The first-order valence-corrected chi connectivity index (χ1v) is 11.1. The topological polar surface area (TPSA) is 78.7 Å². The van der Waals surface area contributed by atoms with Crippen LogP contribution < -0.4 is 10.2 Å². The molecule has 0 spiro atoms. The van der Waals surface area contributed by atoms with Gasteiger partial charge in [-0.25, -0.2) is 0 Å². The summed E-state index contributed by atoms with van der Waals surface area (Å²) in [5.41, 5.74) is 2.91. The van der Waals surface area contributed by atoms with Crippen LogP contribution in [0.25, 0.3) is 6.08 Å². The van der Waals surface area contributed by atoms with Crippen LogP contribution in [0.3, 0.4) is 0 Å². The van der Waals surface area contributed by atoms with E-state index in [1.54, 1.807) is 12.1 Å². The summed E-state index contributed by atoms with van der Waals surface area (Å²) in [5, 5.41) is 14.4. The number of carbonyl (C=O) groups excluding carboxylic acids is 1. The van der Waals surface area contributed by atoms with Crippen molar-refractivity contribution in [1.29, 1.82) is 0 Å². The second-order valence-corrected chi connectivity index (χ2v) is 8.61. The summed E-state index contributed by atoms with van der Waals surface area (Å²) in [6, 6.07) is 12.6. The van der Waals surface area contributed by atoms with Gasteiger partial charge in [-0.15, -0.1) is 0 Å². The molecule has 0 radical (unpaired) electrons. The minimum Gasteiger partial charge on any atom is -0.367 e. The Kier molecular flexibility index (Phi) is 7.82. The van der Waals surface area contributed by atoms with Gasteiger partial charge in [0.25, 0.3) is 5.69 Å². The van der Waals surface area contributed by atoms with Crippen LogP contribution in [0.2, 0.25) is 5.02 Å². The number of thiocarbonyl (C=S) groups is 1. The molecule has 1 aliphatic heterocycles. The molecule has 0 aromatic heterocycles. The van der Waals surface area contributed by atoms with Gasteiger partial charge >= 0.3 is 0 Å². The van der Waals surface area contributed by atoms with Gasteiger partial charge in [-0.3, -0.25) is 20.2 Å². The molecule has 0 bridgehead atoms. The van der Waals surface area contributed by atoms with E-state index in [0.29, 0.717) is 42.2 Å². The molecular formula is C23H25ClN4O3S. The number of non-ortho nitro benzene ring substituents is 1. The number of nitro groups is 1. The van der Waals surface area contributed by atoms with Crippen molar-refractivity contribution in [2.24, 2.45) is 0 Å². The van der Waals surface area contributed by atoms with Gasteiger partial charge in [0, 0.05) is 44.4 Å². The van der Waals surface area contributed by atoms with Crippen molar-refractivity contribution in [2.75, 3.05) is 31.1 Å². The van der Waals surface area contributed by atoms with Crippen molar-refractivity contribution in [3.8, 4) is 0 Å². The van der Waals surface area contributed by atoms with Crippen molar-refractivity contribution in [3.63, 3.8) is 0 Å². The van der Waals surface area contributed by atoms with Gasteiger partial charge < -0.3 is 9.80 Å². The number of hydrogen-bond donors (Lipinski definition) is 1. The van der Waals surface area contributed by atoms with Crippen LogP contribution in [0, 0.1) is 10.1 Å². The molecule has 0 saturated carbocycles. The van der Waals surface area contributed by atoms with E-state index < -0.39 is 4.92 Å². The Bertz CT molecular complexity index is 1030. The first kappa shape index (κ1) is 23.7. The Morgan fingerprint density at radius 3 is 2.38 bits per heavy atom. The van der Waals surface area contributed by atoms with Crippen LogP contribution in [0.4, 0.5) is 11.4 Å². The molecule has 0 atom stereocenters. The van der Waals surface area contributed by atoms with E-state index in [-0.39, 0.29) is 11.6 Å². The lowest BCUT2D eigenvalue weighted by atomic mass is 10.0. The molecule has 1 heterocycles. The van der Waals surface area contributed by atoms with Crippen LogP contribution in [-0.2, 0) is 4.79 Å². The summed E-state index contributed by atoms with van der Waals surface area (Å²) >= 11 is 11.6. The predicted molar refractivity (Wildman–Crippen MR) is 132 cm³/mol. The van der Waals surface area contributed by atoms with Crippen molar-refractivity contribution in [1.82, 2.24) is 10.2 Å². The van der Waals surface area contributed by atoms with E-state index in [1.165, 1.54) is 23.8 Å². The van der Waals surface area contributed by atoms with Crippen LogP contribution in [0.5, 0.6) is 0 Å². The maximum Gasteiger partial charge on any atom is 0.271 e. The van der Waals surface area contributed by atoms with E-state index >= 15 is 0 Å². The normalized spacial score (nSPS) is 14.1. The highest BCUT2D eigenvalue weighted by Crippen LogP contribution is 2.30. The predicted octanol–water partition coefficient (Wildman–Crippen LogP) is 4.61. The second kappa shape index (κ2) is 10.6. The van der Waals surface area contributed by atoms with Gasteiger partial charge in [0.1, 0.15) is 0 Å². The Balaban J connectivity index is 1.51. The minimum absolute atomic E-state index is 0.0369. The molecule has 1 aliphatic rings. The fourth-order valence-corrected chi connectivity index (χ4v) is 3.98. The van der Waals surface area contributed by atoms with E-state index in [1.807, 2.05) is 21.9 Å². The summed E-state index contributed by atoms with van der Waals surface area (Å²) in [4.78, 5) is 26.7. The fourth-order valence-electron chi connectivity index (χ4n) is 3.41. The monoisotopic (exact) mass is 472 g/mol. The Morgan fingerprint density at radius 2 is 1.81 bits per heavy atom. The lowest BCUT2D eigenvalue weighted by molar-refractivity contribution is -0.384. The lowest BCUT2D eigenvalue weighted by Gasteiger charge is -2.37. The molecule has 1 N–H and O–H groups in total. The SMILES string of the molecule is CC(C)c1ccc(/C=C/C(=O)NC(=S)N2CCN(c3ccc([N+](=O)[O-])cc3Cl)CC2)cc1. The summed E-state index contributed by atoms with van der Waals surface area (Å²) in [6.45, 7) is 6.75. The van der Waals surface area contributed by atoms with E-state index in [4.69, 9.17) is 23.8 Å². The van der Waals surface area contributed by atoms with Crippen molar-refractivity contribution in [2.45, 2.75) is 19.8 Å². The van der Waals surface area contributed by atoms with Crippen molar-refractivity contribution < 1.29 is 9.72 Å². The molecule has 1 saturated heterocycles. The number of nitrogens with one attached hydrogen (secondary N) is 1. The van der Waals surface area contributed by atoms with E-state index in [9.17, 15) is 14.9 Å². The van der Waals surface area contributed by atoms with Crippen LogP contribution in [0.15, 0.2) is 48.5 Å². The summed E-state index contributed by atoms with van der Waals surface area (Å²) in [5.74, 6) is 0.189. The van der Waals surface area contributed by atoms with Gasteiger partial charge in [0.2, 0.25) is 5.91 Å². The minimum atomic E-state index is -0.468. The standard InChI is InChI=1S/C23H25ClN4O3S/c1-16(2)18-6-3-17(4-7-18)5-10-22(29)25-23(32)27-13-11-26(12-14-27)21-9-8-19(28(30)31)15-20(21)24/h3-10,15-16H,11-14H2,1-2H3,(H,25,29,32)/b10-5+. The van der Waals surface area contributed by atoms with Crippen LogP contribution in [-0.4, -0.2) is 47.0 Å². The van der Waals surface area contributed by atoms with Gasteiger partial charge in [-0.05, 0) is 41.4 Å². The number of anilines is 1. The highest BCUT2D eigenvalue weighted by atomic mass is 35.5. The zero-order chi connectivity index (χ0) is 23.3. The number of nitrogens with zero attached hydrogens (tertiary/aromatic N) is 3. The molecule has 3 rings (SSSR count). The van der Waals surface area contributed by atoms with Crippen molar-refractivity contribution >= 4 is 52.3 Å². The summed E-state index contributed by atoms with van der Waals surface area (Å²) in [6.07, 6.45) is 3.24. The Labute approximate surface area is 197 Å². The third-order valence-electron chi connectivity index (χ3n) is 5.31. The largest absolute Gasteiger partial charge is 0.367 e. The van der Waals surface area contributed by atoms with Gasteiger partial charge in [-0.1, -0.05) is 49.7 Å². The fraction of sp³-hybridized carbons (Fsp3) is 0.304. The van der Waals surface area contributed by atoms with Gasteiger partial charge in [0.05, 0.1) is 15.6 Å². The van der Waals surface area contributed by atoms with E-state index in [2.05, 4.69) is 31.3 Å². The third-order valence-corrected chi connectivity index (χ3v) is 5.97. The molecule has 0 unspecified atom stereocenters. The molecule has 2 aromatic rings. The number of benzene rings is 2. The molecule has 2 aromatic carbocycles. The molecule has 1 amide bonds. The highest BCUT2D eigenvalue weighted by Gasteiger charge is 2.22.